The van der Waals surface area contributed by atoms with Crippen LogP contribution >= 0.6 is 0 Å². The Bertz CT molecular complexity index is 168. The summed E-state index contributed by atoms with van der Waals surface area (Å²) in [6.07, 6.45) is 6.72. The normalized spacial score (nSPS) is 39.0. The molecule has 1 heteroatoms. The molecule has 2 aliphatic carbocycles. The molecule has 0 heterocycles. The quantitative estimate of drug-likeness (QED) is 0.614. The van der Waals surface area contributed by atoms with Gasteiger partial charge in [0, 0.05) is 5.54 Å². The molecule has 0 spiro atoms. The van der Waals surface area contributed by atoms with Crippen LogP contribution in [0.25, 0.3) is 0 Å². The molecular weight excluding hydrogens is 134 g/mol. The van der Waals surface area contributed by atoms with Crippen LogP contribution in [0.4, 0.5) is 0 Å². The van der Waals surface area contributed by atoms with E-state index in [1.807, 2.05) is 0 Å². The van der Waals surface area contributed by atoms with Crippen molar-refractivity contribution in [2.75, 3.05) is 0 Å². The van der Waals surface area contributed by atoms with Gasteiger partial charge in [-0.2, -0.15) is 0 Å². The van der Waals surface area contributed by atoms with Gasteiger partial charge >= 0.3 is 0 Å². The lowest BCUT2D eigenvalue weighted by molar-refractivity contribution is 0.209. The van der Waals surface area contributed by atoms with Crippen LogP contribution in [-0.4, -0.2) is 5.54 Å². The van der Waals surface area contributed by atoms with Gasteiger partial charge in [0.25, 0.3) is 0 Å². The Labute approximate surface area is 69.4 Å². The molecule has 1 atom stereocenters. The summed E-state index contributed by atoms with van der Waals surface area (Å²) in [6, 6.07) is 0. The molecule has 0 bridgehead atoms. The zero-order chi connectivity index (χ0) is 8.11. The summed E-state index contributed by atoms with van der Waals surface area (Å²) < 4.78 is 0. The van der Waals surface area contributed by atoms with Crippen molar-refractivity contribution in [2.24, 2.45) is 17.1 Å². The highest BCUT2D eigenvalue weighted by Crippen LogP contribution is 2.55. The lowest BCUT2D eigenvalue weighted by Gasteiger charge is -2.32. The van der Waals surface area contributed by atoms with Crippen molar-refractivity contribution in [1.29, 1.82) is 0 Å². The van der Waals surface area contributed by atoms with Gasteiger partial charge in [0.2, 0.25) is 0 Å². The first-order chi connectivity index (χ1) is 5.05. The van der Waals surface area contributed by atoms with Crippen LogP contribution in [0.5, 0.6) is 0 Å². The predicted molar refractivity (Wildman–Crippen MR) is 47.3 cm³/mol. The molecule has 2 fully saturated rings. The van der Waals surface area contributed by atoms with Crippen molar-refractivity contribution in [3.05, 3.63) is 0 Å². The minimum Gasteiger partial charge on any atom is -0.325 e. The maximum atomic E-state index is 6.23. The minimum absolute atomic E-state index is 0.264. The Morgan fingerprint density at radius 3 is 2.18 bits per heavy atom. The zero-order valence-electron chi connectivity index (χ0n) is 7.69. The van der Waals surface area contributed by atoms with Gasteiger partial charge in [0.15, 0.2) is 0 Å². The third-order valence-electron chi connectivity index (χ3n) is 3.78. The highest BCUT2D eigenvalue weighted by molar-refractivity contribution is 5.09. The summed E-state index contributed by atoms with van der Waals surface area (Å²) in [6.45, 7) is 4.77. The van der Waals surface area contributed by atoms with Crippen LogP contribution in [0, 0.1) is 11.3 Å². The van der Waals surface area contributed by atoms with Crippen molar-refractivity contribution in [3.63, 3.8) is 0 Å². The Balaban J connectivity index is 2.13. The number of hydrogen-bond donors (Lipinski definition) is 1. The van der Waals surface area contributed by atoms with E-state index in [0.717, 1.165) is 5.92 Å². The summed E-state index contributed by atoms with van der Waals surface area (Å²) in [5.74, 6) is 0.815. The average Bonchev–Trinajstić information content (AvgIpc) is 2.50. The fraction of sp³-hybridized carbons (Fsp3) is 1.00. The van der Waals surface area contributed by atoms with Gasteiger partial charge in [-0.25, -0.2) is 0 Å². The van der Waals surface area contributed by atoms with E-state index >= 15 is 0 Å². The van der Waals surface area contributed by atoms with Crippen molar-refractivity contribution in [1.82, 2.24) is 0 Å². The standard InChI is InChI=1S/C10H19N/c1-9(2)5-3-4-8(9)10(11)6-7-10/h8H,3-7,11H2,1-2H3. The van der Waals surface area contributed by atoms with E-state index in [2.05, 4.69) is 13.8 Å². The van der Waals surface area contributed by atoms with Gasteiger partial charge in [0.1, 0.15) is 0 Å². The van der Waals surface area contributed by atoms with Gasteiger partial charge in [-0.05, 0) is 37.0 Å². The second kappa shape index (κ2) is 2.01. The molecule has 1 unspecified atom stereocenters. The summed E-state index contributed by atoms with van der Waals surface area (Å²) in [7, 11) is 0. The third-order valence-corrected chi connectivity index (χ3v) is 3.78. The van der Waals surface area contributed by atoms with E-state index in [1.165, 1.54) is 32.1 Å². The molecule has 2 saturated carbocycles. The fourth-order valence-electron chi connectivity index (χ4n) is 2.89. The first-order valence-electron chi connectivity index (χ1n) is 4.83. The molecule has 0 aliphatic heterocycles. The lowest BCUT2D eigenvalue weighted by Crippen LogP contribution is -2.38. The molecule has 0 amide bonds. The maximum Gasteiger partial charge on any atom is 0.0189 e. The second-order valence-electron chi connectivity index (χ2n) is 5.17. The molecule has 0 aromatic heterocycles. The molecule has 11 heavy (non-hydrogen) atoms. The molecule has 2 rings (SSSR count). The zero-order valence-corrected chi connectivity index (χ0v) is 7.69. The molecule has 0 aromatic rings. The van der Waals surface area contributed by atoms with Gasteiger partial charge < -0.3 is 5.73 Å². The lowest BCUT2D eigenvalue weighted by atomic mass is 9.76. The Morgan fingerprint density at radius 2 is 1.82 bits per heavy atom. The largest absolute Gasteiger partial charge is 0.325 e. The number of rotatable bonds is 1. The molecule has 0 radical (unpaired) electrons. The molecule has 64 valence electrons. The van der Waals surface area contributed by atoms with Gasteiger partial charge in [-0.15, -0.1) is 0 Å². The highest BCUT2D eigenvalue weighted by atomic mass is 14.9. The topological polar surface area (TPSA) is 26.0 Å². The van der Waals surface area contributed by atoms with Gasteiger partial charge in [0.05, 0.1) is 0 Å². The number of hydrogen-bond acceptors (Lipinski definition) is 1. The van der Waals surface area contributed by atoms with Crippen LogP contribution in [0.2, 0.25) is 0 Å². The van der Waals surface area contributed by atoms with Crippen LogP contribution in [0.1, 0.15) is 46.0 Å². The summed E-state index contributed by atoms with van der Waals surface area (Å²) in [4.78, 5) is 0. The Hall–Kier alpha value is -0.0400. The van der Waals surface area contributed by atoms with Crippen molar-refractivity contribution >= 4 is 0 Å². The van der Waals surface area contributed by atoms with E-state index < -0.39 is 0 Å². The number of nitrogens with two attached hydrogens (primary N) is 1. The predicted octanol–water partition coefficient (Wildman–Crippen LogP) is 2.30. The van der Waals surface area contributed by atoms with Crippen molar-refractivity contribution in [3.8, 4) is 0 Å². The minimum atomic E-state index is 0.264. The second-order valence-corrected chi connectivity index (χ2v) is 5.17. The van der Waals surface area contributed by atoms with Crippen molar-refractivity contribution < 1.29 is 0 Å². The molecule has 1 nitrogen and oxygen atoms in total. The van der Waals surface area contributed by atoms with E-state index in [0.29, 0.717) is 5.41 Å². The smallest absolute Gasteiger partial charge is 0.0189 e. The van der Waals surface area contributed by atoms with Crippen LogP contribution in [0.15, 0.2) is 0 Å². The third kappa shape index (κ3) is 1.10. The van der Waals surface area contributed by atoms with E-state index in [1.54, 1.807) is 0 Å². The summed E-state index contributed by atoms with van der Waals surface area (Å²) >= 11 is 0. The fourth-order valence-corrected chi connectivity index (χ4v) is 2.89. The molecular formula is C10H19N. The first kappa shape index (κ1) is 7.60. The van der Waals surface area contributed by atoms with E-state index in [4.69, 9.17) is 5.73 Å². The Morgan fingerprint density at radius 1 is 1.18 bits per heavy atom. The van der Waals surface area contributed by atoms with Gasteiger partial charge in [-0.3, -0.25) is 0 Å². The molecule has 0 saturated heterocycles. The van der Waals surface area contributed by atoms with Crippen LogP contribution in [-0.2, 0) is 0 Å². The summed E-state index contributed by atoms with van der Waals surface area (Å²) in [5.41, 5.74) is 7.02. The van der Waals surface area contributed by atoms with Crippen LogP contribution in [0.3, 0.4) is 0 Å². The van der Waals surface area contributed by atoms with Crippen LogP contribution < -0.4 is 5.73 Å². The molecule has 0 aromatic carbocycles. The molecule has 2 aliphatic rings. The van der Waals surface area contributed by atoms with E-state index in [9.17, 15) is 0 Å². The van der Waals surface area contributed by atoms with Gasteiger partial charge in [-0.1, -0.05) is 20.3 Å². The average molecular weight is 153 g/mol. The monoisotopic (exact) mass is 153 g/mol. The highest BCUT2D eigenvalue weighted by Gasteiger charge is 2.53. The molecule has 2 N–H and O–H groups in total. The first-order valence-corrected chi connectivity index (χ1v) is 4.83. The van der Waals surface area contributed by atoms with Crippen molar-refractivity contribution in [2.45, 2.75) is 51.5 Å². The maximum absolute atomic E-state index is 6.23. The SMILES string of the molecule is CC1(C)CCCC1C1(N)CC1. The Kier molecular flexibility index (Phi) is 1.39. The van der Waals surface area contributed by atoms with E-state index in [-0.39, 0.29) is 5.54 Å². The summed E-state index contributed by atoms with van der Waals surface area (Å²) in [5, 5.41) is 0.